The molecule has 0 amide bonds. The van der Waals surface area contributed by atoms with Crippen LogP contribution in [0.25, 0.3) is 0 Å². The maximum Gasteiger partial charge on any atom is 0.151 e. The Kier molecular flexibility index (Phi) is 19.8. The van der Waals surface area contributed by atoms with Gasteiger partial charge in [0.15, 0.2) is 5.17 Å². The summed E-state index contributed by atoms with van der Waals surface area (Å²) in [6.07, 6.45) is 3.60. The second kappa shape index (κ2) is 14.4. The summed E-state index contributed by atoms with van der Waals surface area (Å²) in [5.74, 6) is 0.983. The molecule has 0 aliphatic carbocycles. The fourth-order valence-corrected chi connectivity index (χ4v) is 1.55. The molecule has 0 radical (unpaired) electrons. The highest BCUT2D eigenvalue weighted by Gasteiger charge is 1.93. The van der Waals surface area contributed by atoms with Gasteiger partial charge < -0.3 is 11.1 Å². The van der Waals surface area contributed by atoms with Crippen molar-refractivity contribution >= 4 is 41.7 Å². The predicted octanol–water partition coefficient (Wildman–Crippen LogP) is 2.62. The largest absolute Gasteiger partial charge is 0.379 e. The van der Waals surface area contributed by atoms with Gasteiger partial charge in [-0.15, -0.1) is 24.8 Å². The van der Waals surface area contributed by atoms with Crippen LogP contribution in [0.2, 0.25) is 0 Å². The molecule has 0 spiro atoms. The van der Waals surface area contributed by atoms with Crippen LogP contribution in [-0.4, -0.2) is 23.5 Å². The third-order valence-electron chi connectivity index (χ3n) is 1.63. The lowest BCUT2D eigenvalue weighted by Gasteiger charge is -2.06. The third-order valence-corrected chi connectivity index (χ3v) is 2.44. The molecule has 3 nitrogen and oxygen atoms in total. The molecule has 0 aliphatic heterocycles. The van der Waals surface area contributed by atoms with Gasteiger partial charge in [-0.25, -0.2) is 0 Å². The van der Waals surface area contributed by atoms with Crippen molar-refractivity contribution in [1.29, 1.82) is 5.41 Å². The van der Waals surface area contributed by atoms with E-state index in [1.54, 1.807) is 0 Å². The number of hydrogen-bond donors (Lipinski definition) is 3. The Balaban J connectivity index is -0.000000720. The average molecular weight is 276 g/mol. The molecule has 6 heteroatoms. The first kappa shape index (κ1) is 20.7. The van der Waals surface area contributed by atoms with Gasteiger partial charge in [0.1, 0.15) is 0 Å². The van der Waals surface area contributed by atoms with E-state index in [-0.39, 0.29) is 30.0 Å². The van der Waals surface area contributed by atoms with Gasteiger partial charge in [0.25, 0.3) is 0 Å². The second-order valence-corrected chi connectivity index (χ2v) is 4.52. The smallest absolute Gasteiger partial charge is 0.151 e. The Morgan fingerprint density at radius 3 is 2.33 bits per heavy atom. The topological polar surface area (TPSA) is 61.9 Å². The van der Waals surface area contributed by atoms with E-state index in [9.17, 15) is 0 Å². The number of rotatable bonds is 7. The molecule has 94 valence electrons. The van der Waals surface area contributed by atoms with Gasteiger partial charge in [0.05, 0.1) is 0 Å². The molecule has 0 aromatic rings. The number of amidine groups is 1. The normalized spacial score (nSPS) is 9.27. The van der Waals surface area contributed by atoms with Crippen LogP contribution in [0, 0.1) is 5.41 Å². The summed E-state index contributed by atoms with van der Waals surface area (Å²) in [5, 5.41) is 10.6. The average Bonchev–Trinajstić information content (AvgIpc) is 2.01. The zero-order valence-corrected chi connectivity index (χ0v) is 11.9. The zero-order chi connectivity index (χ0) is 10.1. The monoisotopic (exact) mass is 275 g/mol. The second-order valence-electron chi connectivity index (χ2n) is 3.38. The van der Waals surface area contributed by atoms with Gasteiger partial charge >= 0.3 is 0 Å². The summed E-state index contributed by atoms with van der Waals surface area (Å²) in [7, 11) is 0. The van der Waals surface area contributed by atoms with Crippen LogP contribution in [0.4, 0.5) is 0 Å². The van der Waals surface area contributed by atoms with Gasteiger partial charge in [-0.05, 0) is 19.4 Å². The van der Waals surface area contributed by atoms with Crippen LogP contribution in [-0.2, 0) is 0 Å². The van der Waals surface area contributed by atoms with E-state index >= 15 is 0 Å². The minimum absolute atomic E-state index is 0. The molecule has 0 aliphatic rings. The predicted molar refractivity (Wildman–Crippen MR) is 75.9 cm³/mol. The molecule has 4 N–H and O–H groups in total. The van der Waals surface area contributed by atoms with Crippen molar-refractivity contribution in [2.24, 2.45) is 5.73 Å². The van der Waals surface area contributed by atoms with Crippen molar-refractivity contribution in [3.63, 3.8) is 0 Å². The molecule has 0 atom stereocenters. The fourth-order valence-electron chi connectivity index (χ4n) is 0.977. The Morgan fingerprint density at radius 1 is 1.27 bits per heavy atom. The van der Waals surface area contributed by atoms with Crippen LogP contribution in [0.1, 0.15) is 33.1 Å². The van der Waals surface area contributed by atoms with Crippen LogP contribution < -0.4 is 11.1 Å². The fraction of sp³-hybridized carbons (Fsp3) is 0.889. The summed E-state index contributed by atoms with van der Waals surface area (Å²) < 4.78 is 0. The van der Waals surface area contributed by atoms with Crippen molar-refractivity contribution in [1.82, 2.24) is 5.32 Å². The van der Waals surface area contributed by atoms with E-state index in [1.165, 1.54) is 24.6 Å². The van der Waals surface area contributed by atoms with E-state index in [1.807, 2.05) is 0 Å². The van der Waals surface area contributed by atoms with Crippen molar-refractivity contribution in [2.45, 2.75) is 39.2 Å². The number of nitrogens with one attached hydrogen (secondary N) is 2. The molecule has 0 aromatic heterocycles. The molecular formula is C9H23Cl2N3S. The standard InChI is InChI=1S/C9H21N3S.2ClH/c1-8(2)12-6-4-3-5-7-13-9(10)11;;/h8,12H,3-7H2,1-2H3,(H3,10,11);2*1H. The number of thioether (sulfide) groups is 1. The summed E-state index contributed by atoms with van der Waals surface area (Å²) in [6, 6.07) is 0.589. The SMILES string of the molecule is CC(C)NCCCCCSC(=N)N.Cl.Cl. The minimum atomic E-state index is 0. The van der Waals surface area contributed by atoms with E-state index in [2.05, 4.69) is 19.2 Å². The van der Waals surface area contributed by atoms with Crippen LogP contribution >= 0.6 is 36.6 Å². The summed E-state index contributed by atoms with van der Waals surface area (Å²) in [5.41, 5.74) is 5.21. The summed E-state index contributed by atoms with van der Waals surface area (Å²) >= 11 is 1.44. The molecule has 0 saturated carbocycles. The maximum absolute atomic E-state index is 7.00. The highest BCUT2D eigenvalue weighted by Crippen LogP contribution is 2.04. The molecule has 15 heavy (non-hydrogen) atoms. The molecule has 0 saturated heterocycles. The molecule has 0 bridgehead atoms. The number of nitrogens with two attached hydrogens (primary N) is 1. The van der Waals surface area contributed by atoms with Crippen molar-refractivity contribution in [3.8, 4) is 0 Å². The van der Waals surface area contributed by atoms with Gasteiger partial charge in [-0.1, -0.05) is 32.0 Å². The van der Waals surface area contributed by atoms with Crippen molar-refractivity contribution in [2.75, 3.05) is 12.3 Å². The quantitative estimate of drug-likeness (QED) is 0.380. The molecular weight excluding hydrogens is 253 g/mol. The van der Waals surface area contributed by atoms with Crippen LogP contribution in [0.3, 0.4) is 0 Å². The van der Waals surface area contributed by atoms with E-state index < -0.39 is 0 Å². The highest BCUT2D eigenvalue weighted by molar-refractivity contribution is 8.13. The Bertz CT molecular complexity index is 145. The number of unbranched alkanes of at least 4 members (excludes halogenated alkanes) is 2. The molecule has 0 fully saturated rings. The van der Waals surface area contributed by atoms with Gasteiger partial charge in [-0.3, -0.25) is 5.41 Å². The maximum atomic E-state index is 7.00. The zero-order valence-electron chi connectivity index (χ0n) is 9.41. The van der Waals surface area contributed by atoms with Crippen LogP contribution in [0.15, 0.2) is 0 Å². The lowest BCUT2D eigenvalue weighted by atomic mass is 10.2. The Morgan fingerprint density at radius 2 is 1.87 bits per heavy atom. The Labute approximate surface area is 110 Å². The summed E-state index contributed by atoms with van der Waals surface area (Å²) in [6.45, 7) is 5.42. The van der Waals surface area contributed by atoms with Gasteiger partial charge in [-0.2, -0.15) is 0 Å². The summed E-state index contributed by atoms with van der Waals surface area (Å²) in [4.78, 5) is 0. The first-order valence-electron chi connectivity index (χ1n) is 4.83. The highest BCUT2D eigenvalue weighted by atomic mass is 35.5. The molecule has 0 unspecified atom stereocenters. The van der Waals surface area contributed by atoms with E-state index in [4.69, 9.17) is 11.1 Å². The lowest BCUT2D eigenvalue weighted by molar-refractivity contribution is 0.555. The van der Waals surface area contributed by atoms with Crippen LogP contribution in [0.5, 0.6) is 0 Å². The molecule has 0 rings (SSSR count). The van der Waals surface area contributed by atoms with E-state index in [0.29, 0.717) is 6.04 Å². The molecule has 0 aromatic carbocycles. The first-order valence-corrected chi connectivity index (χ1v) is 5.81. The van der Waals surface area contributed by atoms with Crippen molar-refractivity contribution < 1.29 is 0 Å². The van der Waals surface area contributed by atoms with Crippen molar-refractivity contribution in [3.05, 3.63) is 0 Å². The molecule has 0 heterocycles. The van der Waals surface area contributed by atoms with Gasteiger partial charge in [0, 0.05) is 11.8 Å². The van der Waals surface area contributed by atoms with Gasteiger partial charge in [0.2, 0.25) is 0 Å². The number of hydrogen-bond acceptors (Lipinski definition) is 3. The lowest BCUT2D eigenvalue weighted by Crippen LogP contribution is -2.23. The first-order chi connectivity index (χ1) is 6.13. The minimum Gasteiger partial charge on any atom is -0.379 e. The van der Waals surface area contributed by atoms with E-state index in [0.717, 1.165) is 18.7 Å². The Hall–Kier alpha value is 0.360. The number of halogens is 2. The third kappa shape index (κ3) is 20.4.